The number of carbonyl (C=O) groups is 2. The number of carboxylic acid groups (broad SMARTS) is 1. The first-order chi connectivity index (χ1) is 6.93. The maximum atomic E-state index is 11.0. The van der Waals surface area contributed by atoms with Crippen LogP contribution in [0.3, 0.4) is 0 Å². The van der Waals surface area contributed by atoms with Crippen LogP contribution in [-0.4, -0.2) is 33.3 Å². The first-order valence-corrected chi connectivity index (χ1v) is 4.95. The summed E-state index contributed by atoms with van der Waals surface area (Å²) in [4.78, 5) is 21.8. The van der Waals surface area contributed by atoms with Crippen molar-refractivity contribution in [1.82, 2.24) is 0 Å². The van der Waals surface area contributed by atoms with Crippen LogP contribution in [0.5, 0.6) is 0 Å². The van der Waals surface area contributed by atoms with Crippen LogP contribution in [-0.2, 0) is 25.2 Å². The van der Waals surface area contributed by atoms with Crippen molar-refractivity contribution in [2.45, 2.75) is 11.7 Å². The van der Waals surface area contributed by atoms with Gasteiger partial charge < -0.3 is 15.6 Å². The topological polar surface area (TPSA) is 78.2 Å². The van der Waals surface area contributed by atoms with Gasteiger partial charge in [-0.05, 0) is 18.6 Å². The molecule has 0 fully saturated rings. The van der Waals surface area contributed by atoms with E-state index in [1.54, 1.807) is 19.1 Å². The molecule has 0 saturated heterocycles. The van der Waals surface area contributed by atoms with Crippen LogP contribution in [0.2, 0.25) is 0 Å². The summed E-state index contributed by atoms with van der Waals surface area (Å²) in [6, 6.07) is 4.83. The van der Waals surface area contributed by atoms with Crippen molar-refractivity contribution in [2.24, 2.45) is 0 Å². The largest absolute Gasteiger partial charge is 0.664 e. The summed E-state index contributed by atoms with van der Waals surface area (Å²) in [5, 5.41) is 8.82. The van der Waals surface area contributed by atoms with E-state index in [9.17, 15) is 9.59 Å². The zero-order valence-electron chi connectivity index (χ0n) is 8.53. The van der Waals surface area contributed by atoms with E-state index in [-0.39, 0.29) is 26.0 Å². The minimum atomic E-state index is -1.04. The molecule has 1 atom stereocenters. The van der Waals surface area contributed by atoms with Gasteiger partial charge in [0.1, 0.15) is 0 Å². The number of hydrogen-bond donors (Lipinski definition) is 1. The molecule has 0 aliphatic carbocycles. The van der Waals surface area contributed by atoms with Crippen LogP contribution >= 0.6 is 0 Å². The molecule has 0 heterocycles. The van der Waals surface area contributed by atoms with Crippen molar-refractivity contribution < 1.29 is 35.1 Å². The van der Waals surface area contributed by atoms with E-state index in [1.165, 1.54) is 6.07 Å². The van der Waals surface area contributed by atoms with Crippen LogP contribution in [0.15, 0.2) is 18.2 Å². The van der Waals surface area contributed by atoms with Crippen molar-refractivity contribution in [3.63, 3.8) is 0 Å². The molecular formula is C10H9AlNO3Re-. The summed E-state index contributed by atoms with van der Waals surface area (Å²) < 4.78 is -0.852. The van der Waals surface area contributed by atoms with E-state index in [1.807, 2.05) is 0 Å². The van der Waals surface area contributed by atoms with Gasteiger partial charge in [0.25, 0.3) is 5.97 Å². The Hall–Kier alpha value is -0.645. The molecule has 3 radical (unpaired) electrons. The second-order valence-corrected chi connectivity index (χ2v) is 3.90. The first kappa shape index (κ1) is 15.4. The SMILES string of the molecule is Cc1ccc([CH]([Al])C(=O)O)c(C([NH-])=O)c1.[Re]. The molecule has 1 aromatic rings. The predicted molar refractivity (Wildman–Crippen MR) is 56.0 cm³/mol. The number of aliphatic carboxylic acids is 1. The van der Waals surface area contributed by atoms with Gasteiger partial charge >= 0.3 is 0 Å². The van der Waals surface area contributed by atoms with Crippen molar-refractivity contribution in [2.75, 3.05) is 0 Å². The fraction of sp³-hybridized carbons (Fsp3) is 0.200. The molecule has 0 spiro atoms. The van der Waals surface area contributed by atoms with Crippen molar-refractivity contribution in [3.8, 4) is 0 Å². The first-order valence-electron chi connectivity index (χ1n) is 4.28. The Labute approximate surface area is 115 Å². The molecule has 4 nitrogen and oxygen atoms in total. The summed E-state index contributed by atoms with van der Waals surface area (Å²) in [5.41, 5.74) is 8.39. The maximum absolute atomic E-state index is 11.0. The predicted octanol–water partition coefficient (Wildman–Crippen LogP) is 1.48. The molecule has 0 aliphatic heterocycles. The number of carboxylic acids is 1. The van der Waals surface area contributed by atoms with E-state index in [2.05, 4.69) is 16.3 Å². The average molecular weight is 404 g/mol. The number of benzene rings is 1. The van der Waals surface area contributed by atoms with Gasteiger partial charge in [0.15, 0.2) is 16.3 Å². The number of aryl methyl sites for hydroxylation is 1. The Morgan fingerprint density at radius 2 is 2.00 bits per heavy atom. The third-order valence-corrected chi connectivity index (χ3v) is 2.70. The van der Waals surface area contributed by atoms with E-state index in [4.69, 9.17) is 10.8 Å². The number of rotatable bonds is 3. The molecule has 6 heteroatoms. The van der Waals surface area contributed by atoms with Gasteiger partial charge in [-0.2, -0.15) is 0 Å². The summed E-state index contributed by atoms with van der Waals surface area (Å²) >= 11 is 2.15. The maximum Gasteiger partial charge on any atom is 0.294 e. The molecule has 0 aromatic heterocycles. The van der Waals surface area contributed by atoms with E-state index >= 15 is 0 Å². The summed E-state index contributed by atoms with van der Waals surface area (Å²) in [6.07, 6.45) is 0. The summed E-state index contributed by atoms with van der Waals surface area (Å²) in [7, 11) is 0. The van der Waals surface area contributed by atoms with E-state index < -0.39 is 16.7 Å². The van der Waals surface area contributed by atoms with Crippen molar-refractivity contribution >= 4 is 28.2 Å². The molecular weight excluding hydrogens is 395 g/mol. The van der Waals surface area contributed by atoms with E-state index in [0.717, 1.165) is 5.56 Å². The van der Waals surface area contributed by atoms with Crippen LogP contribution in [0.25, 0.3) is 5.73 Å². The second-order valence-electron chi connectivity index (χ2n) is 3.24. The van der Waals surface area contributed by atoms with Gasteiger partial charge in [-0.1, -0.05) is 17.7 Å². The minimum Gasteiger partial charge on any atom is -0.664 e. The fourth-order valence-corrected chi connectivity index (χ4v) is 1.56. The number of carbonyl (C=O) groups excluding carboxylic acids is 1. The Morgan fingerprint density at radius 1 is 1.44 bits per heavy atom. The van der Waals surface area contributed by atoms with Crippen LogP contribution in [0.1, 0.15) is 26.3 Å². The Kier molecular flexibility index (Phi) is 5.93. The molecule has 16 heavy (non-hydrogen) atoms. The van der Waals surface area contributed by atoms with Gasteiger partial charge in [0.2, 0.25) is 0 Å². The quantitative estimate of drug-likeness (QED) is 0.776. The fourth-order valence-electron chi connectivity index (χ4n) is 1.27. The molecule has 83 valence electrons. The molecule has 1 unspecified atom stereocenters. The molecule has 2 N–H and O–H groups in total. The summed E-state index contributed by atoms with van der Waals surface area (Å²) in [5.74, 6) is -1.89. The molecule has 1 rings (SSSR count). The smallest absolute Gasteiger partial charge is 0.294 e. The van der Waals surface area contributed by atoms with Gasteiger partial charge in [-0.25, -0.2) is 0 Å². The molecule has 0 aliphatic rings. The zero-order valence-corrected chi connectivity index (χ0v) is 12.4. The number of hydrogen-bond acceptors (Lipinski definition) is 2. The van der Waals surface area contributed by atoms with Crippen LogP contribution < -0.4 is 0 Å². The van der Waals surface area contributed by atoms with Crippen LogP contribution in [0, 0.1) is 6.92 Å². The second kappa shape index (κ2) is 6.18. The van der Waals surface area contributed by atoms with Crippen molar-refractivity contribution in [1.29, 1.82) is 0 Å². The minimum absolute atomic E-state index is 0. The molecule has 1 amide bonds. The third-order valence-electron chi connectivity index (χ3n) is 2.05. The standard InChI is InChI=1S/C10H10NO3.Al.Re/c1-6-2-3-7(5-9(12)13)8(4-6)10(11)14;;/h2-5H,1H3,(H3,11,12,13,14);;/p-1. The zero-order chi connectivity index (χ0) is 11.6. The molecule has 1 aromatic carbocycles. The van der Waals surface area contributed by atoms with Crippen molar-refractivity contribution in [3.05, 3.63) is 40.6 Å². The number of amides is 1. The van der Waals surface area contributed by atoms with Gasteiger partial charge in [-0.15, -0.1) is 0 Å². The number of nitrogens with one attached hydrogen (secondary N) is 1. The molecule has 0 bridgehead atoms. The Bertz CT molecular complexity index is 423. The van der Waals surface area contributed by atoms with Gasteiger partial charge in [0.05, 0.1) is 5.91 Å². The van der Waals surface area contributed by atoms with Crippen LogP contribution in [0.4, 0.5) is 0 Å². The van der Waals surface area contributed by atoms with Gasteiger partial charge in [-0.3, -0.25) is 4.79 Å². The summed E-state index contributed by atoms with van der Waals surface area (Å²) in [6.45, 7) is 1.79. The Morgan fingerprint density at radius 3 is 2.44 bits per heavy atom. The molecule has 0 saturated carbocycles. The monoisotopic (exact) mass is 405 g/mol. The third kappa shape index (κ3) is 3.44. The van der Waals surface area contributed by atoms with E-state index in [0.29, 0.717) is 5.56 Å². The normalized spacial score (nSPS) is 11.3. The Balaban J connectivity index is 0.00000225. The van der Waals surface area contributed by atoms with Gasteiger partial charge in [0, 0.05) is 30.8 Å². The average Bonchev–Trinajstić information content (AvgIpc) is 2.16.